The zero-order valence-electron chi connectivity index (χ0n) is 9.45. The normalized spacial score (nSPS) is 10.1. The molecule has 1 aromatic carbocycles. The van der Waals surface area contributed by atoms with Crippen molar-refractivity contribution in [3.05, 3.63) is 59.3 Å². The molecule has 2 rings (SSSR count). The first-order valence-corrected chi connectivity index (χ1v) is 5.55. The van der Waals surface area contributed by atoms with Crippen molar-refractivity contribution in [2.45, 2.75) is 13.0 Å². The molecule has 0 amide bonds. The molecule has 0 saturated heterocycles. The minimum Gasteiger partial charge on any atom is -0.494 e. The van der Waals surface area contributed by atoms with Gasteiger partial charge in [0, 0.05) is 18.9 Å². The van der Waals surface area contributed by atoms with Crippen molar-refractivity contribution in [2.75, 3.05) is 6.61 Å². The molecule has 0 aliphatic carbocycles. The van der Waals surface area contributed by atoms with E-state index in [4.69, 9.17) is 4.74 Å². The summed E-state index contributed by atoms with van der Waals surface area (Å²) in [5.74, 6) is 0.853. The number of para-hydroxylation sites is 1. The molecule has 0 spiro atoms. The number of hydrogen-bond donors (Lipinski definition) is 0. The summed E-state index contributed by atoms with van der Waals surface area (Å²) in [5.41, 5.74) is -0.216. The molecule has 2 aromatic rings. The van der Waals surface area contributed by atoms with Gasteiger partial charge in [0.25, 0.3) is 0 Å². The number of aryl methyl sites for hydroxylation is 1. The second-order valence-corrected chi connectivity index (χ2v) is 3.61. The van der Waals surface area contributed by atoms with E-state index >= 15 is 0 Å². The first-order chi connectivity index (χ1) is 8.36. The molecule has 0 N–H and O–H groups in total. The quantitative estimate of drug-likeness (QED) is 0.734. The first kappa shape index (κ1) is 11.4. The third-order valence-corrected chi connectivity index (χ3v) is 2.34. The summed E-state index contributed by atoms with van der Waals surface area (Å²) in [6.45, 7) is 1.21. The molecular formula is C13H14N2O2. The van der Waals surface area contributed by atoms with Gasteiger partial charge in [0.05, 0.1) is 6.61 Å². The van der Waals surface area contributed by atoms with E-state index in [1.54, 1.807) is 16.8 Å². The van der Waals surface area contributed by atoms with Gasteiger partial charge in [-0.05, 0) is 24.6 Å². The van der Waals surface area contributed by atoms with Crippen LogP contribution in [0.1, 0.15) is 6.42 Å². The molecule has 0 unspecified atom stereocenters. The summed E-state index contributed by atoms with van der Waals surface area (Å²) in [6, 6.07) is 11.4. The van der Waals surface area contributed by atoms with E-state index in [1.165, 1.54) is 6.20 Å². The van der Waals surface area contributed by atoms with E-state index in [1.807, 2.05) is 30.3 Å². The molecule has 4 nitrogen and oxygen atoms in total. The van der Waals surface area contributed by atoms with Gasteiger partial charge in [-0.25, -0.2) is 9.78 Å². The first-order valence-electron chi connectivity index (χ1n) is 5.55. The fraction of sp³-hybridized carbons (Fsp3) is 0.231. The van der Waals surface area contributed by atoms with Gasteiger partial charge in [0.1, 0.15) is 5.75 Å². The summed E-state index contributed by atoms with van der Waals surface area (Å²) < 4.78 is 7.11. The van der Waals surface area contributed by atoms with Crippen molar-refractivity contribution in [3.8, 4) is 5.75 Å². The summed E-state index contributed by atoms with van der Waals surface area (Å²) in [5, 5.41) is 0. The highest BCUT2D eigenvalue weighted by molar-refractivity contribution is 5.20. The third-order valence-electron chi connectivity index (χ3n) is 2.34. The lowest BCUT2D eigenvalue weighted by atomic mass is 10.3. The fourth-order valence-corrected chi connectivity index (χ4v) is 1.50. The van der Waals surface area contributed by atoms with Crippen LogP contribution in [0.15, 0.2) is 53.6 Å². The summed E-state index contributed by atoms with van der Waals surface area (Å²) in [4.78, 5) is 15.0. The maximum absolute atomic E-state index is 11.3. The Morgan fingerprint density at radius 1 is 1.18 bits per heavy atom. The second kappa shape index (κ2) is 5.84. The predicted molar refractivity (Wildman–Crippen MR) is 65.1 cm³/mol. The SMILES string of the molecule is O=c1ncccn1CCCOc1ccccc1. The molecule has 0 fully saturated rings. The van der Waals surface area contributed by atoms with Crippen molar-refractivity contribution in [1.29, 1.82) is 0 Å². The van der Waals surface area contributed by atoms with Crippen molar-refractivity contribution >= 4 is 0 Å². The molecule has 0 aliphatic heterocycles. The van der Waals surface area contributed by atoms with Crippen LogP contribution in [-0.4, -0.2) is 16.2 Å². The number of ether oxygens (including phenoxy) is 1. The zero-order chi connectivity index (χ0) is 11.9. The van der Waals surface area contributed by atoms with Crippen LogP contribution in [0, 0.1) is 0 Å². The summed E-state index contributed by atoms with van der Waals surface area (Å²) >= 11 is 0. The summed E-state index contributed by atoms with van der Waals surface area (Å²) in [7, 11) is 0. The van der Waals surface area contributed by atoms with E-state index in [2.05, 4.69) is 4.98 Å². The molecular weight excluding hydrogens is 216 g/mol. The molecule has 0 saturated carbocycles. The van der Waals surface area contributed by atoms with Crippen LogP contribution in [0.25, 0.3) is 0 Å². The van der Waals surface area contributed by atoms with Crippen molar-refractivity contribution < 1.29 is 4.74 Å². The van der Waals surface area contributed by atoms with Gasteiger partial charge in [0.15, 0.2) is 0 Å². The highest BCUT2D eigenvalue weighted by Crippen LogP contribution is 2.08. The maximum Gasteiger partial charge on any atom is 0.347 e. The van der Waals surface area contributed by atoms with Gasteiger partial charge >= 0.3 is 5.69 Å². The molecule has 4 heteroatoms. The van der Waals surface area contributed by atoms with Crippen LogP contribution >= 0.6 is 0 Å². The van der Waals surface area contributed by atoms with Crippen molar-refractivity contribution in [1.82, 2.24) is 9.55 Å². The van der Waals surface area contributed by atoms with Crippen LogP contribution in [0.2, 0.25) is 0 Å². The van der Waals surface area contributed by atoms with E-state index in [-0.39, 0.29) is 5.69 Å². The average molecular weight is 230 g/mol. The Balaban J connectivity index is 1.78. The van der Waals surface area contributed by atoms with Crippen LogP contribution in [0.5, 0.6) is 5.75 Å². The number of rotatable bonds is 5. The number of hydrogen-bond acceptors (Lipinski definition) is 3. The van der Waals surface area contributed by atoms with Gasteiger partial charge < -0.3 is 4.74 Å². The van der Waals surface area contributed by atoms with Gasteiger partial charge in [-0.1, -0.05) is 18.2 Å². The van der Waals surface area contributed by atoms with Gasteiger partial charge in [0.2, 0.25) is 0 Å². The standard InChI is InChI=1S/C13H14N2O2/c16-13-14-8-4-9-15(13)10-5-11-17-12-6-2-1-3-7-12/h1-4,6-9H,5,10-11H2. The molecule has 0 bridgehead atoms. The number of nitrogens with zero attached hydrogens (tertiary/aromatic N) is 2. The number of benzene rings is 1. The third kappa shape index (κ3) is 3.45. The lowest BCUT2D eigenvalue weighted by Gasteiger charge is -2.06. The largest absolute Gasteiger partial charge is 0.494 e. The lowest BCUT2D eigenvalue weighted by Crippen LogP contribution is -2.22. The van der Waals surface area contributed by atoms with Gasteiger partial charge in [-0.15, -0.1) is 0 Å². The molecule has 1 aromatic heterocycles. The average Bonchev–Trinajstić information content (AvgIpc) is 2.38. The maximum atomic E-state index is 11.3. The fourth-order valence-electron chi connectivity index (χ4n) is 1.50. The topological polar surface area (TPSA) is 44.1 Å². The molecule has 0 atom stereocenters. The van der Waals surface area contributed by atoms with Gasteiger partial charge in [-0.2, -0.15) is 0 Å². The van der Waals surface area contributed by atoms with E-state index in [0.29, 0.717) is 13.2 Å². The van der Waals surface area contributed by atoms with Crippen molar-refractivity contribution in [3.63, 3.8) is 0 Å². The Hall–Kier alpha value is -2.10. The Morgan fingerprint density at radius 3 is 2.76 bits per heavy atom. The van der Waals surface area contributed by atoms with Gasteiger partial charge in [-0.3, -0.25) is 4.57 Å². The summed E-state index contributed by atoms with van der Waals surface area (Å²) in [6.07, 6.45) is 4.01. The molecule has 17 heavy (non-hydrogen) atoms. The molecule has 0 radical (unpaired) electrons. The monoisotopic (exact) mass is 230 g/mol. The minimum atomic E-state index is -0.216. The Labute approximate surface area is 99.5 Å². The molecule has 88 valence electrons. The Morgan fingerprint density at radius 2 is 2.00 bits per heavy atom. The highest BCUT2D eigenvalue weighted by Gasteiger charge is 1.96. The van der Waals surface area contributed by atoms with Crippen LogP contribution in [0.3, 0.4) is 0 Å². The number of aromatic nitrogens is 2. The van der Waals surface area contributed by atoms with Crippen LogP contribution in [0.4, 0.5) is 0 Å². The van der Waals surface area contributed by atoms with E-state index in [0.717, 1.165) is 12.2 Å². The smallest absolute Gasteiger partial charge is 0.347 e. The second-order valence-electron chi connectivity index (χ2n) is 3.61. The molecule has 1 heterocycles. The van der Waals surface area contributed by atoms with Crippen LogP contribution < -0.4 is 10.4 Å². The predicted octanol–water partition coefficient (Wildman–Crippen LogP) is 1.71. The lowest BCUT2D eigenvalue weighted by molar-refractivity contribution is 0.300. The van der Waals surface area contributed by atoms with Crippen molar-refractivity contribution in [2.24, 2.45) is 0 Å². The van der Waals surface area contributed by atoms with E-state index in [9.17, 15) is 4.79 Å². The Bertz CT molecular complexity index is 508. The minimum absolute atomic E-state index is 0.216. The zero-order valence-corrected chi connectivity index (χ0v) is 9.45. The van der Waals surface area contributed by atoms with E-state index < -0.39 is 0 Å². The highest BCUT2D eigenvalue weighted by atomic mass is 16.5. The Kier molecular flexibility index (Phi) is 3.91. The molecule has 0 aliphatic rings. The van der Waals surface area contributed by atoms with Crippen LogP contribution in [-0.2, 0) is 6.54 Å².